The summed E-state index contributed by atoms with van der Waals surface area (Å²) in [6, 6.07) is 14.3. The van der Waals surface area contributed by atoms with Gasteiger partial charge in [-0.25, -0.2) is 0 Å². The van der Waals surface area contributed by atoms with E-state index in [-0.39, 0.29) is 0 Å². The molecule has 0 radical (unpaired) electrons. The van der Waals surface area contributed by atoms with Crippen LogP contribution in [0.1, 0.15) is 0 Å². The third-order valence-electron chi connectivity index (χ3n) is 2.75. The number of benzene rings is 2. The zero-order chi connectivity index (χ0) is 18.8. The maximum Gasteiger partial charge on any atom is 0.191 e. The Kier molecular flexibility index (Phi) is 8.23. The lowest BCUT2D eigenvalue weighted by atomic mass is 10.3. The molecule has 0 unspecified atom stereocenters. The van der Waals surface area contributed by atoms with Gasteiger partial charge in [0.05, 0.1) is 12.4 Å². The van der Waals surface area contributed by atoms with E-state index in [1.54, 1.807) is 48.5 Å². The molecule has 26 heavy (non-hydrogen) atoms. The largest absolute Gasteiger partial charge is 0.331 e. The van der Waals surface area contributed by atoms with Crippen LogP contribution >= 0.6 is 47.6 Å². The Labute approximate surface area is 171 Å². The van der Waals surface area contributed by atoms with Gasteiger partial charge in [-0.2, -0.15) is 10.2 Å². The van der Waals surface area contributed by atoms with E-state index in [1.165, 1.54) is 12.4 Å². The first-order valence-corrected chi connectivity index (χ1v) is 8.80. The lowest BCUT2D eigenvalue weighted by molar-refractivity contribution is 1.04. The second-order valence-electron chi connectivity index (χ2n) is 4.70. The van der Waals surface area contributed by atoms with Crippen molar-refractivity contribution in [2.75, 3.05) is 10.6 Å². The molecule has 0 heterocycles. The van der Waals surface area contributed by atoms with Crippen LogP contribution in [0.2, 0.25) is 10.0 Å². The average Bonchev–Trinajstić information content (AvgIpc) is 2.62. The van der Waals surface area contributed by atoms with Gasteiger partial charge in [0.15, 0.2) is 10.2 Å². The molecule has 6 nitrogen and oxygen atoms in total. The fourth-order valence-electron chi connectivity index (χ4n) is 1.64. The molecule has 0 bridgehead atoms. The maximum absolute atomic E-state index is 5.81. The van der Waals surface area contributed by atoms with Crippen molar-refractivity contribution < 1.29 is 0 Å². The van der Waals surface area contributed by atoms with Crippen LogP contribution in [0.15, 0.2) is 58.7 Å². The predicted octanol–water partition coefficient (Wildman–Crippen LogP) is 4.24. The van der Waals surface area contributed by atoms with Crippen molar-refractivity contribution in [3.05, 3.63) is 58.6 Å². The fraction of sp³-hybridized carbons (Fsp3) is 0. The maximum atomic E-state index is 5.81. The van der Waals surface area contributed by atoms with Gasteiger partial charge in [0, 0.05) is 21.4 Å². The quantitative estimate of drug-likeness (QED) is 0.326. The van der Waals surface area contributed by atoms with Gasteiger partial charge in [-0.05, 0) is 73.0 Å². The summed E-state index contributed by atoms with van der Waals surface area (Å²) in [4.78, 5) is 0. The Bertz CT molecular complexity index is 737. The van der Waals surface area contributed by atoms with Crippen LogP contribution in [-0.4, -0.2) is 22.7 Å². The minimum absolute atomic E-state index is 0.338. The van der Waals surface area contributed by atoms with E-state index >= 15 is 0 Å². The van der Waals surface area contributed by atoms with Crippen molar-refractivity contribution in [1.82, 2.24) is 10.9 Å². The van der Waals surface area contributed by atoms with E-state index in [0.29, 0.717) is 20.3 Å². The molecule has 2 rings (SSSR count). The lowest BCUT2D eigenvalue weighted by Gasteiger charge is -2.06. The first-order chi connectivity index (χ1) is 12.5. The van der Waals surface area contributed by atoms with E-state index in [1.807, 2.05) is 0 Å². The molecular formula is C16H14Cl2N6S2. The fourth-order valence-corrected chi connectivity index (χ4v) is 2.24. The summed E-state index contributed by atoms with van der Waals surface area (Å²) in [7, 11) is 0. The molecule has 10 heteroatoms. The van der Waals surface area contributed by atoms with E-state index in [2.05, 4.69) is 31.7 Å². The Balaban J connectivity index is 1.67. The summed E-state index contributed by atoms with van der Waals surface area (Å²) >= 11 is 21.8. The van der Waals surface area contributed by atoms with Crippen LogP contribution in [0, 0.1) is 0 Å². The zero-order valence-corrected chi connectivity index (χ0v) is 16.4. The van der Waals surface area contributed by atoms with Gasteiger partial charge in [0.1, 0.15) is 0 Å². The minimum atomic E-state index is 0.338. The molecule has 0 fully saturated rings. The third-order valence-corrected chi connectivity index (χ3v) is 3.64. The number of hydrazone groups is 2. The Morgan fingerprint density at radius 2 is 1.04 bits per heavy atom. The van der Waals surface area contributed by atoms with Gasteiger partial charge >= 0.3 is 0 Å². The van der Waals surface area contributed by atoms with Crippen LogP contribution < -0.4 is 21.5 Å². The highest BCUT2D eigenvalue weighted by molar-refractivity contribution is 7.80. The van der Waals surface area contributed by atoms with Gasteiger partial charge in [-0.3, -0.25) is 10.9 Å². The molecule has 134 valence electrons. The number of thiocarbonyl (C=S) groups is 2. The molecule has 0 aliphatic carbocycles. The Hall–Kier alpha value is -2.26. The molecule has 4 N–H and O–H groups in total. The minimum Gasteiger partial charge on any atom is -0.331 e. The number of nitrogens with zero attached hydrogens (tertiary/aromatic N) is 2. The molecule has 2 aromatic carbocycles. The number of rotatable bonds is 5. The van der Waals surface area contributed by atoms with E-state index < -0.39 is 0 Å². The molecule has 0 saturated carbocycles. The summed E-state index contributed by atoms with van der Waals surface area (Å²) in [6.07, 6.45) is 2.85. The van der Waals surface area contributed by atoms with Crippen LogP contribution in [0.4, 0.5) is 11.4 Å². The number of halogens is 2. The average molecular weight is 425 g/mol. The number of hydrogen-bond acceptors (Lipinski definition) is 4. The smallest absolute Gasteiger partial charge is 0.191 e. The van der Waals surface area contributed by atoms with Gasteiger partial charge in [0.25, 0.3) is 0 Å². The molecule has 0 aromatic heterocycles. The highest BCUT2D eigenvalue weighted by Crippen LogP contribution is 2.13. The monoisotopic (exact) mass is 424 g/mol. The topological polar surface area (TPSA) is 72.8 Å². The highest BCUT2D eigenvalue weighted by atomic mass is 35.5. The molecular weight excluding hydrogens is 411 g/mol. The van der Waals surface area contributed by atoms with Crippen molar-refractivity contribution in [3.8, 4) is 0 Å². The van der Waals surface area contributed by atoms with Crippen LogP contribution in [0.25, 0.3) is 0 Å². The number of nitrogens with one attached hydrogen (secondary N) is 4. The molecule has 0 atom stereocenters. The summed E-state index contributed by atoms with van der Waals surface area (Å²) in [5.74, 6) is 0. The molecule has 0 amide bonds. The summed E-state index contributed by atoms with van der Waals surface area (Å²) in [5.41, 5.74) is 6.92. The highest BCUT2D eigenvalue weighted by Gasteiger charge is 1.96. The second kappa shape index (κ2) is 10.7. The van der Waals surface area contributed by atoms with Crippen molar-refractivity contribution >= 4 is 81.7 Å². The number of anilines is 2. The molecule has 0 aliphatic rings. The molecule has 0 saturated heterocycles. The van der Waals surface area contributed by atoms with Crippen LogP contribution in [0.5, 0.6) is 0 Å². The zero-order valence-electron chi connectivity index (χ0n) is 13.2. The predicted molar refractivity (Wildman–Crippen MR) is 119 cm³/mol. The Morgan fingerprint density at radius 1 is 0.692 bits per heavy atom. The second-order valence-corrected chi connectivity index (χ2v) is 6.39. The summed E-state index contributed by atoms with van der Waals surface area (Å²) in [6.45, 7) is 0. The van der Waals surface area contributed by atoms with Gasteiger partial charge in [0.2, 0.25) is 0 Å². The first-order valence-electron chi connectivity index (χ1n) is 7.23. The van der Waals surface area contributed by atoms with E-state index in [4.69, 9.17) is 47.6 Å². The lowest BCUT2D eigenvalue weighted by Crippen LogP contribution is -2.24. The van der Waals surface area contributed by atoms with Gasteiger partial charge < -0.3 is 10.6 Å². The summed E-state index contributed by atoms with van der Waals surface area (Å²) in [5, 5.41) is 15.7. The first kappa shape index (κ1) is 20.1. The van der Waals surface area contributed by atoms with E-state index in [9.17, 15) is 0 Å². The van der Waals surface area contributed by atoms with Gasteiger partial charge in [-0.1, -0.05) is 23.2 Å². The van der Waals surface area contributed by atoms with Crippen molar-refractivity contribution in [2.45, 2.75) is 0 Å². The van der Waals surface area contributed by atoms with Crippen molar-refractivity contribution in [2.24, 2.45) is 10.2 Å². The standard InChI is InChI=1S/C16H14Cl2N6S2/c17-11-1-5-13(6-2-11)21-15(25)23-19-9-10-20-24-16(26)22-14-7-3-12(18)4-8-14/h1-10H,(H2,21,23,25)(H2,22,24,26)/b19-9+,20-10+. The van der Waals surface area contributed by atoms with E-state index in [0.717, 1.165) is 11.4 Å². The molecule has 0 spiro atoms. The Morgan fingerprint density at radius 3 is 1.38 bits per heavy atom. The van der Waals surface area contributed by atoms with Crippen LogP contribution in [0.3, 0.4) is 0 Å². The van der Waals surface area contributed by atoms with Crippen molar-refractivity contribution in [1.29, 1.82) is 0 Å². The molecule has 0 aliphatic heterocycles. The third kappa shape index (κ3) is 7.75. The van der Waals surface area contributed by atoms with Crippen molar-refractivity contribution in [3.63, 3.8) is 0 Å². The number of hydrogen-bond donors (Lipinski definition) is 4. The normalized spacial score (nSPS) is 10.7. The van der Waals surface area contributed by atoms with Gasteiger partial charge in [-0.15, -0.1) is 0 Å². The SMILES string of the molecule is S=C(N/N=C/C=N/NC(=S)Nc1ccc(Cl)cc1)Nc1ccc(Cl)cc1. The molecule has 2 aromatic rings. The van der Waals surface area contributed by atoms with Crippen LogP contribution in [-0.2, 0) is 0 Å². The summed E-state index contributed by atoms with van der Waals surface area (Å²) < 4.78 is 0.